The largest absolute Gasteiger partial charge is 0.419 e. The van der Waals surface area contributed by atoms with E-state index in [2.05, 4.69) is 5.32 Å². The quantitative estimate of drug-likeness (QED) is 0.364. The summed E-state index contributed by atoms with van der Waals surface area (Å²) in [7, 11) is 0. The molecule has 1 fully saturated rings. The van der Waals surface area contributed by atoms with Crippen molar-refractivity contribution >= 4 is 23.2 Å². The molecule has 1 unspecified atom stereocenters. The lowest BCUT2D eigenvalue weighted by molar-refractivity contribution is -0.140. The first kappa shape index (κ1) is 22.9. The number of fused-ring (bicyclic) bond motifs is 1. The van der Waals surface area contributed by atoms with E-state index >= 15 is 0 Å². The highest BCUT2D eigenvalue weighted by atomic mass is 19.4. The molecule has 2 heterocycles. The van der Waals surface area contributed by atoms with Gasteiger partial charge in [-0.2, -0.15) is 13.2 Å². The summed E-state index contributed by atoms with van der Waals surface area (Å²) in [6.45, 7) is 2.05. The number of likely N-dealkylation sites (tertiary alicyclic amines) is 1. The second-order valence-electron chi connectivity index (χ2n) is 8.44. The Morgan fingerprint density at radius 1 is 1.15 bits per heavy atom. The highest BCUT2D eigenvalue weighted by Gasteiger charge is 2.34. The Morgan fingerprint density at radius 3 is 2.64 bits per heavy atom. The van der Waals surface area contributed by atoms with Crippen LogP contribution in [0.5, 0.6) is 0 Å². The first-order chi connectivity index (χ1) is 15.6. The molecule has 1 saturated heterocycles. The number of piperidine rings is 1. The van der Waals surface area contributed by atoms with Gasteiger partial charge in [0.2, 0.25) is 5.91 Å². The smallest absolute Gasteiger partial charge is 0.370 e. The Morgan fingerprint density at radius 2 is 1.94 bits per heavy atom. The molecule has 6 nitrogen and oxygen atoms in total. The van der Waals surface area contributed by atoms with E-state index in [0.29, 0.717) is 38.3 Å². The van der Waals surface area contributed by atoms with Crippen molar-refractivity contribution in [2.24, 2.45) is 11.7 Å². The molecular formula is C23H25F4N5O. The van der Waals surface area contributed by atoms with Crippen molar-refractivity contribution in [2.75, 3.05) is 25.0 Å². The van der Waals surface area contributed by atoms with Gasteiger partial charge in [-0.05, 0) is 54.7 Å². The summed E-state index contributed by atoms with van der Waals surface area (Å²) in [6, 6.07) is 8.27. The zero-order valence-corrected chi connectivity index (χ0v) is 17.9. The minimum Gasteiger partial charge on any atom is -0.370 e. The summed E-state index contributed by atoms with van der Waals surface area (Å²) < 4.78 is 52.4. The van der Waals surface area contributed by atoms with Crippen LogP contribution in [-0.2, 0) is 23.9 Å². The number of nitrogens with zero attached hydrogens (tertiary/aromatic N) is 2. The number of anilines is 2. The van der Waals surface area contributed by atoms with Crippen LogP contribution in [0.3, 0.4) is 0 Å². The van der Waals surface area contributed by atoms with Gasteiger partial charge in [-0.1, -0.05) is 12.1 Å². The number of halogens is 4. The number of hydrogen-bond acceptors (Lipinski definition) is 3. The molecule has 1 atom stereocenters. The highest BCUT2D eigenvalue weighted by Crippen LogP contribution is 2.34. The zero-order valence-electron chi connectivity index (χ0n) is 17.9. The summed E-state index contributed by atoms with van der Waals surface area (Å²) in [5, 5.41) is 10.6. The van der Waals surface area contributed by atoms with E-state index in [0.717, 1.165) is 36.1 Å². The summed E-state index contributed by atoms with van der Waals surface area (Å²) >= 11 is 0. The molecule has 0 bridgehead atoms. The first-order valence-corrected chi connectivity index (χ1v) is 10.8. The molecule has 2 aliphatic rings. The number of amides is 1. The van der Waals surface area contributed by atoms with Crippen molar-refractivity contribution in [3.8, 4) is 0 Å². The molecule has 2 aromatic rings. The Hall–Kier alpha value is -3.30. The maximum Gasteiger partial charge on any atom is 0.419 e. The molecule has 1 amide bonds. The molecular weight excluding hydrogens is 438 g/mol. The molecule has 176 valence electrons. The topological polar surface area (TPSA) is 85.5 Å². The molecule has 4 rings (SSSR count). The van der Waals surface area contributed by atoms with Gasteiger partial charge in [0.1, 0.15) is 5.82 Å². The number of nitrogens with one attached hydrogen (secondary N) is 2. The molecule has 0 aromatic heterocycles. The third kappa shape index (κ3) is 4.89. The van der Waals surface area contributed by atoms with Gasteiger partial charge in [0, 0.05) is 37.6 Å². The first-order valence-electron chi connectivity index (χ1n) is 10.8. The number of guanidine groups is 1. The fourth-order valence-corrected chi connectivity index (χ4v) is 4.55. The Kier molecular flexibility index (Phi) is 6.18. The van der Waals surface area contributed by atoms with Crippen molar-refractivity contribution in [3.63, 3.8) is 0 Å². The maximum absolute atomic E-state index is 14.0. The number of hydrogen-bond donors (Lipinski definition) is 3. The van der Waals surface area contributed by atoms with E-state index in [-0.39, 0.29) is 23.5 Å². The van der Waals surface area contributed by atoms with Crippen LogP contribution < -0.4 is 11.1 Å². The Bertz CT molecular complexity index is 1070. The molecule has 2 aliphatic heterocycles. The minimum atomic E-state index is -4.75. The Labute approximate surface area is 188 Å². The molecule has 2 aromatic carbocycles. The van der Waals surface area contributed by atoms with Crippen molar-refractivity contribution < 1.29 is 22.4 Å². The molecule has 0 aliphatic carbocycles. The second-order valence-corrected chi connectivity index (χ2v) is 8.44. The fourth-order valence-electron chi connectivity index (χ4n) is 4.55. The Balaban J connectivity index is 1.48. The number of carbonyl (C=O) groups excluding carboxylic acids is 1. The summed E-state index contributed by atoms with van der Waals surface area (Å²) in [6.07, 6.45) is -2.62. The third-order valence-corrected chi connectivity index (χ3v) is 6.24. The van der Waals surface area contributed by atoms with Gasteiger partial charge < -0.3 is 20.9 Å². The van der Waals surface area contributed by atoms with Gasteiger partial charge in [0.15, 0.2) is 5.96 Å². The normalized spacial score (nSPS) is 18.6. The van der Waals surface area contributed by atoms with E-state index in [1.54, 1.807) is 21.9 Å². The summed E-state index contributed by atoms with van der Waals surface area (Å²) in [5.41, 5.74) is 7.08. The van der Waals surface area contributed by atoms with Crippen molar-refractivity contribution in [2.45, 2.75) is 32.0 Å². The maximum atomic E-state index is 14.0. The van der Waals surface area contributed by atoms with Crippen LogP contribution in [0, 0.1) is 17.1 Å². The fraction of sp³-hybridized carbons (Fsp3) is 0.391. The predicted octanol–water partition coefficient (Wildman–Crippen LogP) is 4.08. The zero-order chi connectivity index (χ0) is 23.8. The minimum absolute atomic E-state index is 0.0214. The second kappa shape index (κ2) is 8.92. The van der Waals surface area contributed by atoms with Crippen LogP contribution in [0.2, 0.25) is 0 Å². The van der Waals surface area contributed by atoms with Crippen LogP contribution in [-0.4, -0.2) is 41.3 Å². The van der Waals surface area contributed by atoms with E-state index in [4.69, 9.17) is 11.1 Å². The third-order valence-electron chi connectivity index (χ3n) is 6.24. The van der Waals surface area contributed by atoms with Crippen LogP contribution in [0.15, 0.2) is 36.4 Å². The van der Waals surface area contributed by atoms with Gasteiger partial charge in [0.25, 0.3) is 0 Å². The highest BCUT2D eigenvalue weighted by molar-refractivity contribution is 5.81. The van der Waals surface area contributed by atoms with Crippen LogP contribution in [0.25, 0.3) is 0 Å². The van der Waals surface area contributed by atoms with Gasteiger partial charge in [0.05, 0.1) is 11.5 Å². The van der Waals surface area contributed by atoms with E-state index in [9.17, 15) is 22.4 Å². The van der Waals surface area contributed by atoms with E-state index in [1.807, 2.05) is 6.07 Å². The van der Waals surface area contributed by atoms with E-state index in [1.165, 1.54) is 6.07 Å². The number of nitrogens with two attached hydrogens (primary N) is 1. The SMILES string of the molecule is N=C(N)N1CCCC(C(=O)N2CCc3c(cccc3Nc3ccc(C(F)(F)F)c(F)c3)C2)C1. The molecule has 0 spiro atoms. The predicted molar refractivity (Wildman–Crippen MR) is 116 cm³/mol. The number of carbonyl (C=O) groups is 1. The van der Waals surface area contributed by atoms with Gasteiger partial charge >= 0.3 is 6.18 Å². The van der Waals surface area contributed by atoms with Gasteiger partial charge in [-0.25, -0.2) is 4.39 Å². The molecule has 10 heteroatoms. The summed E-state index contributed by atoms with van der Waals surface area (Å²) in [5.74, 6) is -1.52. The lowest BCUT2D eigenvalue weighted by Crippen LogP contribution is -2.49. The molecule has 4 N–H and O–H groups in total. The van der Waals surface area contributed by atoms with Crippen molar-refractivity contribution in [3.05, 3.63) is 58.9 Å². The lowest BCUT2D eigenvalue weighted by atomic mass is 9.93. The molecule has 33 heavy (non-hydrogen) atoms. The number of rotatable bonds is 3. The van der Waals surface area contributed by atoms with Crippen molar-refractivity contribution in [1.29, 1.82) is 5.41 Å². The number of benzene rings is 2. The summed E-state index contributed by atoms with van der Waals surface area (Å²) in [4.78, 5) is 16.6. The lowest BCUT2D eigenvalue weighted by Gasteiger charge is -2.37. The van der Waals surface area contributed by atoms with E-state index < -0.39 is 17.6 Å². The van der Waals surface area contributed by atoms with Crippen LogP contribution >= 0.6 is 0 Å². The number of alkyl halides is 3. The van der Waals surface area contributed by atoms with Gasteiger partial charge in [-0.15, -0.1) is 0 Å². The average Bonchev–Trinajstić information content (AvgIpc) is 2.77. The van der Waals surface area contributed by atoms with Crippen molar-refractivity contribution in [1.82, 2.24) is 9.80 Å². The van der Waals surface area contributed by atoms with Gasteiger partial charge in [-0.3, -0.25) is 10.2 Å². The van der Waals surface area contributed by atoms with Crippen LogP contribution in [0.1, 0.15) is 29.5 Å². The average molecular weight is 463 g/mol. The molecule has 0 saturated carbocycles. The molecule has 0 radical (unpaired) electrons. The standard InChI is InChI=1S/C23H25F4N5O/c24-19-11-16(6-7-18(19)23(25,26)27)30-20-5-1-3-14-12-31(10-8-17(14)20)21(33)15-4-2-9-32(13-15)22(28)29/h1,3,5-7,11,15,30H,2,4,8-10,12-13H2,(H3,28,29). The van der Waals surface area contributed by atoms with Crippen LogP contribution in [0.4, 0.5) is 28.9 Å². The monoisotopic (exact) mass is 463 g/mol.